The van der Waals surface area contributed by atoms with Crippen molar-refractivity contribution in [3.05, 3.63) is 24.8 Å². The van der Waals surface area contributed by atoms with E-state index in [2.05, 4.69) is 27.8 Å². The van der Waals surface area contributed by atoms with Gasteiger partial charge in [0.2, 0.25) is 27.6 Å². The third-order valence-corrected chi connectivity index (χ3v) is 12.0. The lowest BCUT2D eigenvalue weighted by molar-refractivity contribution is -0.144. The van der Waals surface area contributed by atoms with E-state index in [9.17, 15) is 32.4 Å². The normalized spacial score (nSPS) is 25.5. The lowest BCUT2D eigenvalue weighted by Gasteiger charge is -2.38. The molecule has 2 aliphatic carbocycles. The first-order valence-corrected chi connectivity index (χ1v) is 18.7. The van der Waals surface area contributed by atoms with Gasteiger partial charge in [0.05, 0.1) is 11.8 Å². The minimum atomic E-state index is -3.39. The molecular weight excluding hydrogens is 636 g/mol. The van der Waals surface area contributed by atoms with E-state index in [1.165, 1.54) is 15.3 Å². The number of carbonyl (C=O) groups excluding carboxylic acids is 5. The Balaban J connectivity index is 1.51. The average molecular weight is 691 g/mol. The van der Waals surface area contributed by atoms with Crippen LogP contribution in [0.15, 0.2) is 24.8 Å². The van der Waals surface area contributed by atoms with Crippen LogP contribution in [0.5, 0.6) is 0 Å². The van der Waals surface area contributed by atoms with Gasteiger partial charge < -0.3 is 26.2 Å². The van der Waals surface area contributed by atoms with E-state index in [4.69, 9.17) is 0 Å². The molecule has 13 nitrogen and oxygen atoms in total. The van der Waals surface area contributed by atoms with Gasteiger partial charge >= 0.3 is 6.03 Å². The van der Waals surface area contributed by atoms with Crippen molar-refractivity contribution in [2.45, 2.75) is 97.8 Å². The molecule has 0 bridgehead atoms. The molecule has 4 rings (SSSR count). The molecule has 2 heterocycles. The van der Waals surface area contributed by atoms with E-state index in [1.54, 1.807) is 0 Å². The Morgan fingerprint density at radius 3 is 2.15 bits per heavy atom. The third kappa shape index (κ3) is 8.66. The van der Waals surface area contributed by atoms with Gasteiger partial charge in [-0.3, -0.25) is 19.2 Å². The predicted molar refractivity (Wildman–Crippen MR) is 182 cm³/mol. The molecule has 6 atom stereocenters. The van der Waals surface area contributed by atoms with Gasteiger partial charge in [0.25, 0.3) is 5.91 Å². The van der Waals surface area contributed by atoms with Crippen LogP contribution in [0.3, 0.4) is 0 Å². The highest BCUT2D eigenvalue weighted by atomic mass is 32.2. The second kappa shape index (κ2) is 14.7. The number of amides is 5. The van der Waals surface area contributed by atoms with Crippen LogP contribution in [-0.4, -0.2) is 103 Å². The SMILES string of the molecule is C=CCNC(=O)C(=O)C(CC1CCC1)NC(=O)[C@@H]1[C@H]2C=C[C@H]2CN1C(=O)[C@@H](NC(=O)N[C@H](CN1CCCS1(=O)=O)C(C)(C)C)C(C)(C)C. The van der Waals surface area contributed by atoms with Gasteiger partial charge in [-0.05, 0) is 29.6 Å². The number of rotatable bonds is 13. The summed E-state index contributed by atoms with van der Waals surface area (Å²) in [4.78, 5) is 69.1. The number of Topliss-reactive ketones (excluding diaryl/α,β-unsaturated/α-hetero) is 1. The number of ketones is 1. The average Bonchev–Trinajstić information content (AvgIpc) is 3.42. The van der Waals surface area contributed by atoms with Crippen LogP contribution in [-0.2, 0) is 29.2 Å². The second-order valence-corrected chi connectivity index (χ2v) is 18.0. The van der Waals surface area contributed by atoms with Crippen molar-refractivity contribution in [3.63, 3.8) is 0 Å². The quantitative estimate of drug-likeness (QED) is 0.168. The topological polar surface area (TPSA) is 174 Å². The van der Waals surface area contributed by atoms with Crippen molar-refractivity contribution in [2.75, 3.05) is 31.9 Å². The largest absolute Gasteiger partial charge is 0.346 e. The summed E-state index contributed by atoms with van der Waals surface area (Å²) in [5.41, 5.74) is -1.25. The van der Waals surface area contributed by atoms with Crippen LogP contribution in [0.25, 0.3) is 0 Å². The van der Waals surface area contributed by atoms with E-state index in [0.29, 0.717) is 19.4 Å². The molecule has 2 aliphatic heterocycles. The fourth-order valence-corrected chi connectivity index (χ4v) is 8.29. The molecular formula is C34H54N6O7S. The summed E-state index contributed by atoms with van der Waals surface area (Å²) in [5, 5.41) is 11.1. The number of likely N-dealkylation sites (tertiary alicyclic amines) is 1. The Morgan fingerprint density at radius 1 is 0.958 bits per heavy atom. The van der Waals surface area contributed by atoms with Crippen LogP contribution in [0.2, 0.25) is 0 Å². The first-order chi connectivity index (χ1) is 22.3. The van der Waals surface area contributed by atoms with Gasteiger partial charge in [-0.2, -0.15) is 4.31 Å². The fourth-order valence-electron chi connectivity index (χ4n) is 6.75. The predicted octanol–water partition coefficient (Wildman–Crippen LogP) is 1.71. The summed E-state index contributed by atoms with van der Waals surface area (Å²) in [6.45, 7) is 15.7. The van der Waals surface area contributed by atoms with E-state index < -0.39 is 74.6 Å². The lowest BCUT2D eigenvalue weighted by Crippen LogP contribution is -2.62. The highest BCUT2D eigenvalue weighted by Gasteiger charge is 2.52. The van der Waals surface area contributed by atoms with Gasteiger partial charge in [-0.1, -0.05) is 79.0 Å². The maximum absolute atomic E-state index is 14.3. The Labute approximate surface area is 285 Å². The zero-order valence-corrected chi connectivity index (χ0v) is 30.0. The highest BCUT2D eigenvalue weighted by molar-refractivity contribution is 7.89. The molecule has 2 saturated heterocycles. The molecule has 4 aliphatic rings. The monoisotopic (exact) mass is 690 g/mol. The van der Waals surface area contributed by atoms with Crippen LogP contribution in [0, 0.1) is 28.6 Å². The molecule has 4 N–H and O–H groups in total. The maximum atomic E-state index is 14.3. The number of nitrogens with zero attached hydrogens (tertiary/aromatic N) is 2. The molecule has 14 heteroatoms. The van der Waals surface area contributed by atoms with Crippen LogP contribution in [0.4, 0.5) is 4.79 Å². The standard InChI is InChI=1S/C34H54N6O7S/c1-8-15-35-30(43)27(41)24(18-21-11-9-12-21)36-29(42)26-23-14-13-22(23)19-40(26)31(44)28(34(5,6)7)38-32(45)37-25(33(2,3)4)20-39-16-10-17-48(39,46)47/h8,13-14,21-26,28H,1,9-12,15-20H2,2-7H3,(H,35,43)(H,36,42)(H2,37,38,45)/t22-,23-,24?,25+,26-,28+/m0/s1. The van der Waals surface area contributed by atoms with Gasteiger partial charge in [-0.15, -0.1) is 6.58 Å². The number of hydrogen-bond donors (Lipinski definition) is 4. The van der Waals surface area contributed by atoms with Crippen LogP contribution < -0.4 is 21.3 Å². The highest BCUT2D eigenvalue weighted by Crippen LogP contribution is 2.40. The molecule has 5 amide bonds. The molecule has 3 fully saturated rings. The van der Waals surface area contributed by atoms with Gasteiger partial charge in [0.15, 0.2) is 0 Å². The zero-order valence-electron chi connectivity index (χ0n) is 29.2. The van der Waals surface area contributed by atoms with Crippen LogP contribution in [0.1, 0.15) is 73.6 Å². The van der Waals surface area contributed by atoms with Crippen LogP contribution >= 0.6 is 0 Å². The minimum Gasteiger partial charge on any atom is -0.346 e. The number of urea groups is 1. The van der Waals surface area contributed by atoms with Crippen molar-refractivity contribution in [3.8, 4) is 0 Å². The number of fused-ring (bicyclic) bond motifs is 1. The third-order valence-electron chi connectivity index (χ3n) is 10.1. The second-order valence-electron chi connectivity index (χ2n) is 15.9. The Bertz CT molecular complexity index is 1410. The number of hydrogen-bond acceptors (Lipinski definition) is 7. The Morgan fingerprint density at radius 2 is 1.65 bits per heavy atom. The summed E-state index contributed by atoms with van der Waals surface area (Å²) in [7, 11) is -3.39. The Hall–Kier alpha value is -3.26. The minimum absolute atomic E-state index is 0.0523. The fraction of sp³-hybridized carbons (Fsp3) is 0.735. The molecule has 1 saturated carbocycles. The first-order valence-electron chi connectivity index (χ1n) is 17.1. The summed E-state index contributed by atoms with van der Waals surface area (Å²) < 4.78 is 26.4. The molecule has 268 valence electrons. The number of sulfonamides is 1. The maximum Gasteiger partial charge on any atom is 0.315 e. The van der Waals surface area contributed by atoms with Gasteiger partial charge in [0, 0.05) is 44.1 Å². The molecule has 1 unspecified atom stereocenters. The van der Waals surface area contributed by atoms with Crippen molar-refractivity contribution >= 4 is 39.6 Å². The molecule has 0 spiro atoms. The van der Waals surface area contributed by atoms with E-state index in [0.717, 1.165) is 19.3 Å². The lowest BCUT2D eigenvalue weighted by atomic mass is 9.79. The smallest absolute Gasteiger partial charge is 0.315 e. The molecule has 0 aromatic carbocycles. The van der Waals surface area contributed by atoms with E-state index in [-0.39, 0.29) is 43.1 Å². The molecule has 48 heavy (non-hydrogen) atoms. The van der Waals surface area contributed by atoms with Crippen molar-refractivity contribution in [1.82, 2.24) is 30.5 Å². The summed E-state index contributed by atoms with van der Waals surface area (Å²) >= 11 is 0. The first kappa shape index (κ1) is 37.6. The van der Waals surface area contributed by atoms with Gasteiger partial charge in [-0.25, -0.2) is 13.2 Å². The molecule has 0 aromatic rings. The number of carbonyl (C=O) groups is 5. The van der Waals surface area contributed by atoms with Gasteiger partial charge in [0.1, 0.15) is 12.1 Å². The molecule has 0 radical (unpaired) electrons. The zero-order chi connectivity index (χ0) is 35.6. The van der Waals surface area contributed by atoms with E-state index >= 15 is 0 Å². The van der Waals surface area contributed by atoms with Crippen molar-refractivity contribution in [2.24, 2.45) is 28.6 Å². The van der Waals surface area contributed by atoms with E-state index in [1.807, 2.05) is 53.7 Å². The van der Waals surface area contributed by atoms with Crippen molar-refractivity contribution < 1.29 is 32.4 Å². The summed E-state index contributed by atoms with van der Waals surface area (Å²) in [6.07, 6.45) is 9.04. The Kier molecular flexibility index (Phi) is 11.5. The number of nitrogens with one attached hydrogen (secondary N) is 4. The van der Waals surface area contributed by atoms with Crippen molar-refractivity contribution in [1.29, 1.82) is 0 Å². The summed E-state index contributed by atoms with van der Waals surface area (Å²) in [5.74, 6) is -2.47. The summed E-state index contributed by atoms with van der Waals surface area (Å²) in [6, 6.07) is -4.13. The molecule has 0 aromatic heterocycles.